The van der Waals surface area contributed by atoms with Gasteiger partial charge in [0.1, 0.15) is 12.4 Å². The second-order valence-electron chi connectivity index (χ2n) is 7.03. The lowest BCUT2D eigenvalue weighted by molar-refractivity contribution is -0.114. The maximum Gasteiger partial charge on any atom is 0.264 e. The number of thioether (sulfide) groups is 1. The molecule has 0 unspecified atom stereocenters. The van der Waals surface area contributed by atoms with Crippen LogP contribution in [0.2, 0.25) is 0 Å². The number of aryl methyl sites for hydroxylation is 2. The molecule has 0 aromatic heterocycles. The molecule has 0 fully saturated rings. The predicted molar refractivity (Wildman–Crippen MR) is 124 cm³/mol. The van der Waals surface area contributed by atoms with E-state index in [-0.39, 0.29) is 10.6 Å². The number of sulfonamides is 1. The van der Waals surface area contributed by atoms with Crippen molar-refractivity contribution in [2.24, 2.45) is 0 Å². The predicted octanol–water partition coefficient (Wildman–Crippen LogP) is 5.00. The van der Waals surface area contributed by atoms with Crippen LogP contribution in [-0.2, 0) is 14.8 Å². The molecule has 5 nitrogen and oxygen atoms in total. The summed E-state index contributed by atoms with van der Waals surface area (Å²) in [5.74, 6) is -1.12. The summed E-state index contributed by atoms with van der Waals surface area (Å²) in [6, 6.07) is 17.1. The van der Waals surface area contributed by atoms with Crippen molar-refractivity contribution in [3.8, 4) is 0 Å². The summed E-state index contributed by atoms with van der Waals surface area (Å²) in [6.45, 7) is 3.25. The van der Waals surface area contributed by atoms with Crippen LogP contribution in [0.5, 0.6) is 0 Å². The summed E-state index contributed by atoms with van der Waals surface area (Å²) in [5.41, 5.74) is 2.49. The summed E-state index contributed by atoms with van der Waals surface area (Å²) < 4.78 is 41.5. The molecule has 0 aliphatic rings. The molecule has 0 atom stereocenters. The topological polar surface area (TPSA) is 66.5 Å². The van der Waals surface area contributed by atoms with Crippen molar-refractivity contribution in [2.75, 3.05) is 22.4 Å². The van der Waals surface area contributed by atoms with Crippen molar-refractivity contribution in [2.45, 2.75) is 23.6 Å². The molecular formula is C23H23FN2O3S2. The highest BCUT2D eigenvalue weighted by Crippen LogP contribution is 2.26. The quantitative estimate of drug-likeness (QED) is 0.506. The fourth-order valence-electron chi connectivity index (χ4n) is 3.01. The minimum atomic E-state index is -4.10. The Balaban J connectivity index is 1.96. The molecule has 31 heavy (non-hydrogen) atoms. The number of anilines is 2. The van der Waals surface area contributed by atoms with Gasteiger partial charge in [0, 0.05) is 10.6 Å². The fraction of sp³-hybridized carbons (Fsp3) is 0.174. The first-order chi connectivity index (χ1) is 14.7. The summed E-state index contributed by atoms with van der Waals surface area (Å²) >= 11 is 1.49. The van der Waals surface area contributed by atoms with E-state index >= 15 is 0 Å². The van der Waals surface area contributed by atoms with E-state index in [2.05, 4.69) is 5.32 Å². The number of hydrogen-bond acceptors (Lipinski definition) is 4. The van der Waals surface area contributed by atoms with Gasteiger partial charge in [-0.05, 0) is 79.8 Å². The van der Waals surface area contributed by atoms with E-state index in [9.17, 15) is 17.6 Å². The van der Waals surface area contributed by atoms with E-state index < -0.39 is 28.3 Å². The van der Waals surface area contributed by atoms with Gasteiger partial charge in [-0.3, -0.25) is 9.10 Å². The van der Waals surface area contributed by atoms with Gasteiger partial charge < -0.3 is 5.32 Å². The van der Waals surface area contributed by atoms with Crippen LogP contribution in [-0.4, -0.2) is 27.1 Å². The van der Waals surface area contributed by atoms with Crippen LogP contribution in [0, 0.1) is 19.7 Å². The summed E-state index contributed by atoms with van der Waals surface area (Å²) in [5, 5.41) is 2.77. The highest BCUT2D eigenvalue weighted by molar-refractivity contribution is 7.98. The minimum absolute atomic E-state index is 0.0223. The Bertz CT molecular complexity index is 1200. The van der Waals surface area contributed by atoms with Crippen molar-refractivity contribution in [3.05, 3.63) is 83.7 Å². The number of amides is 1. The van der Waals surface area contributed by atoms with Crippen LogP contribution in [0.1, 0.15) is 11.1 Å². The van der Waals surface area contributed by atoms with Crippen molar-refractivity contribution in [1.82, 2.24) is 0 Å². The van der Waals surface area contributed by atoms with Crippen LogP contribution in [0.25, 0.3) is 0 Å². The van der Waals surface area contributed by atoms with Crippen molar-refractivity contribution >= 4 is 39.1 Å². The smallest absolute Gasteiger partial charge is 0.264 e. The molecular weight excluding hydrogens is 435 g/mol. The Kier molecular flexibility index (Phi) is 7.02. The SMILES string of the molecule is CSc1ccc(S(=O)(=O)N(CC(=O)Nc2cc(C)ccc2C)c2cccc(F)c2)cc1. The Morgan fingerprint density at radius 3 is 2.39 bits per heavy atom. The second kappa shape index (κ2) is 9.53. The number of benzene rings is 3. The van der Waals surface area contributed by atoms with Crippen LogP contribution >= 0.6 is 11.8 Å². The lowest BCUT2D eigenvalue weighted by Crippen LogP contribution is -2.38. The number of rotatable bonds is 7. The number of carbonyl (C=O) groups is 1. The third-order valence-electron chi connectivity index (χ3n) is 4.70. The molecule has 8 heteroatoms. The number of hydrogen-bond donors (Lipinski definition) is 1. The molecule has 1 amide bonds. The summed E-state index contributed by atoms with van der Waals surface area (Å²) in [4.78, 5) is 13.7. The van der Waals surface area contributed by atoms with Crippen molar-refractivity contribution < 1.29 is 17.6 Å². The largest absolute Gasteiger partial charge is 0.324 e. The lowest BCUT2D eigenvalue weighted by atomic mass is 10.1. The van der Waals surface area contributed by atoms with Gasteiger partial charge in [-0.2, -0.15) is 0 Å². The summed E-state index contributed by atoms with van der Waals surface area (Å²) in [7, 11) is -4.10. The van der Waals surface area contributed by atoms with Gasteiger partial charge in [-0.15, -0.1) is 11.8 Å². The number of carbonyl (C=O) groups excluding carboxylic acids is 1. The molecule has 1 N–H and O–H groups in total. The van der Waals surface area contributed by atoms with E-state index in [1.165, 1.54) is 42.1 Å². The number of nitrogens with zero attached hydrogens (tertiary/aromatic N) is 1. The van der Waals surface area contributed by atoms with Gasteiger partial charge in [-0.25, -0.2) is 12.8 Å². The van der Waals surface area contributed by atoms with Crippen molar-refractivity contribution in [1.29, 1.82) is 0 Å². The van der Waals surface area contributed by atoms with Crippen LogP contribution in [0.15, 0.2) is 76.5 Å². The van der Waals surface area contributed by atoms with Gasteiger partial charge in [0.15, 0.2) is 0 Å². The first-order valence-electron chi connectivity index (χ1n) is 9.50. The average Bonchev–Trinajstić information content (AvgIpc) is 2.74. The maximum absolute atomic E-state index is 13.9. The zero-order valence-corrected chi connectivity index (χ0v) is 19.1. The van der Waals surface area contributed by atoms with E-state index in [1.54, 1.807) is 12.1 Å². The molecule has 3 aromatic rings. The Hall–Kier alpha value is -2.84. The Labute approximate surface area is 186 Å². The van der Waals surface area contributed by atoms with Crippen LogP contribution < -0.4 is 9.62 Å². The normalized spacial score (nSPS) is 11.2. The fourth-order valence-corrected chi connectivity index (χ4v) is 4.83. The first-order valence-corrected chi connectivity index (χ1v) is 12.2. The highest BCUT2D eigenvalue weighted by Gasteiger charge is 2.27. The van der Waals surface area contributed by atoms with E-state index in [4.69, 9.17) is 0 Å². The average molecular weight is 459 g/mol. The molecule has 0 spiro atoms. The van der Waals surface area contributed by atoms with Crippen LogP contribution in [0.3, 0.4) is 0 Å². The van der Waals surface area contributed by atoms with Crippen LogP contribution in [0.4, 0.5) is 15.8 Å². The molecule has 162 valence electrons. The molecule has 0 bridgehead atoms. The lowest BCUT2D eigenvalue weighted by Gasteiger charge is -2.24. The van der Waals surface area contributed by atoms with Gasteiger partial charge in [-0.1, -0.05) is 18.2 Å². The van der Waals surface area contributed by atoms with Gasteiger partial charge >= 0.3 is 0 Å². The third-order valence-corrected chi connectivity index (χ3v) is 7.23. The van der Waals surface area contributed by atoms with Gasteiger partial charge in [0.2, 0.25) is 5.91 Å². The maximum atomic E-state index is 13.9. The monoisotopic (exact) mass is 458 g/mol. The summed E-state index contributed by atoms with van der Waals surface area (Å²) in [6.07, 6.45) is 1.89. The van der Waals surface area contributed by atoms with Crippen molar-refractivity contribution in [3.63, 3.8) is 0 Å². The number of nitrogens with one attached hydrogen (secondary N) is 1. The minimum Gasteiger partial charge on any atom is -0.324 e. The molecule has 0 aliphatic carbocycles. The first kappa shape index (κ1) is 22.8. The zero-order valence-electron chi connectivity index (χ0n) is 17.4. The Morgan fingerprint density at radius 2 is 1.74 bits per heavy atom. The molecule has 3 aromatic carbocycles. The molecule has 0 saturated heterocycles. The molecule has 3 rings (SSSR count). The van der Waals surface area contributed by atoms with Gasteiger partial charge in [0.05, 0.1) is 10.6 Å². The van der Waals surface area contributed by atoms with Gasteiger partial charge in [0.25, 0.3) is 10.0 Å². The standard InChI is InChI=1S/C23H23FN2O3S2/c1-16-7-8-17(2)22(13-16)25-23(27)15-26(19-6-4-5-18(24)14-19)31(28,29)21-11-9-20(30-3)10-12-21/h4-14H,15H2,1-3H3,(H,25,27). The van der Waals surface area contributed by atoms with E-state index in [0.29, 0.717) is 5.69 Å². The molecule has 0 aliphatic heterocycles. The Morgan fingerprint density at radius 1 is 1.03 bits per heavy atom. The van der Waals surface area contributed by atoms with E-state index in [0.717, 1.165) is 26.4 Å². The third kappa shape index (κ3) is 5.45. The second-order valence-corrected chi connectivity index (χ2v) is 9.78. The number of halogens is 1. The van der Waals surface area contributed by atoms with E-state index in [1.807, 2.05) is 38.3 Å². The highest BCUT2D eigenvalue weighted by atomic mass is 32.2. The molecule has 0 radical (unpaired) electrons. The zero-order chi connectivity index (χ0) is 22.6. The molecule has 0 heterocycles. The molecule has 0 saturated carbocycles.